The SMILES string of the molecule is Cc1cc(C(=O)N2CCC3(CCCCOC[C@@H]4CCCN4C(=O)c4cccc(c4)OC3)CC2)nc(N2CCCC2)n1. The van der Waals surface area contributed by atoms with Gasteiger partial charge >= 0.3 is 0 Å². The number of hydrogen-bond acceptors (Lipinski definition) is 7. The molecule has 9 heteroatoms. The van der Waals surface area contributed by atoms with Crippen molar-refractivity contribution in [1.29, 1.82) is 0 Å². The Balaban J connectivity index is 1.14. The summed E-state index contributed by atoms with van der Waals surface area (Å²) < 4.78 is 12.5. The Bertz CT molecular complexity index is 1240. The van der Waals surface area contributed by atoms with E-state index in [4.69, 9.17) is 9.47 Å². The fraction of sp³-hybridized carbons (Fsp3) is 0.625. The third-order valence-corrected chi connectivity index (χ3v) is 9.38. The van der Waals surface area contributed by atoms with E-state index in [1.54, 1.807) is 0 Å². The van der Waals surface area contributed by atoms with Crippen LogP contribution in [-0.4, -0.2) is 90.2 Å². The normalized spacial score (nSPS) is 23.6. The zero-order chi connectivity index (χ0) is 28.2. The molecule has 3 fully saturated rings. The molecule has 0 saturated carbocycles. The van der Waals surface area contributed by atoms with Crippen LogP contribution in [0.15, 0.2) is 30.3 Å². The zero-order valence-corrected chi connectivity index (χ0v) is 24.4. The van der Waals surface area contributed by atoms with Gasteiger partial charge in [-0.15, -0.1) is 0 Å². The van der Waals surface area contributed by atoms with E-state index >= 15 is 0 Å². The van der Waals surface area contributed by atoms with Crippen LogP contribution in [0.3, 0.4) is 0 Å². The number of benzene rings is 1. The van der Waals surface area contributed by atoms with Crippen LogP contribution in [0.25, 0.3) is 0 Å². The van der Waals surface area contributed by atoms with Gasteiger partial charge in [0.1, 0.15) is 11.4 Å². The van der Waals surface area contributed by atoms with Gasteiger partial charge in [-0.25, -0.2) is 9.97 Å². The van der Waals surface area contributed by atoms with Crippen LogP contribution in [0.4, 0.5) is 5.95 Å². The minimum absolute atomic E-state index is 0.0102. The van der Waals surface area contributed by atoms with Gasteiger partial charge in [0.2, 0.25) is 5.95 Å². The molecule has 2 aromatic rings. The van der Waals surface area contributed by atoms with Crippen LogP contribution >= 0.6 is 0 Å². The monoisotopic (exact) mass is 561 g/mol. The van der Waals surface area contributed by atoms with Crippen LogP contribution in [0.2, 0.25) is 0 Å². The third-order valence-electron chi connectivity index (χ3n) is 9.38. The highest BCUT2D eigenvalue weighted by Crippen LogP contribution is 2.38. The first-order valence-electron chi connectivity index (χ1n) is 15.5. The van der Waals surface area contributed by atoms with Gasteiger partial charge in [0.05, 0.1) is 19.3 Å². The lowest BCUT2D eigenvalue weighted by Gasteiger charge is -2.41. The largest absolute Gasteiger partial charge is 0.493 e. The van der Waals surface area contributed by atoms with Gasteiger partial charge in [-0.3, -0.25) is 9.59 Å². The second-order valence-corrected chi connectivity index (χ2v) is 12.3. The Morgan fingerprint density at radius 1 is 0.951 bits per heavy atom. The lowest BCUT2D eigenvalue weighted by molar-refractivity contribution is 0.0329. The lowest BCUT2D eigenvalue weighted by atomic mass is 9.75. The molecule has 2 amide bonds. The first kappa shape index (κ1) is 27.9. The molecular formula is C32H43N5O4. The number of aryl methyl sites for hydroxylation is 1. The Morgan fingerprint density at radius 2 is 1.78 bits per heavy atom. The van der Waals surface area contributed by atoms with Gasteiger partial charge in [-0.2, -0.15) is 0 Å². The number of aromatic nitrogens is 2. The molecular weight excluding hydrogens is 518 g/mol. The second kappa shape index (κ2) is 12.3. The quantitative estimate of drug-likeness (QED) is 0.534. The van der Waals surface area contributed by atoms with Crippen LogP contribution in [0.1, 0.15) is 84.3 Å². The maximum atomic E-state index is 13.6. The highest BCUT2D eigenvalue weighted by molar-refractivity contribution is 5.95. The van der Waals surface area contributed by atoms with Crippen LogP contribution in [0.5, 0.6) is 5.75 Å². The Labute approximate surface area is 243 Å². The number of ether oxygens (including phenoxy) is 2. The van der Waals surface area contributed by atoms with Crippen LogP contribution in [-0.2, 0) is 4.74 Å². The summed E-state index contributed by atoms with van der Waals surface area (Å²) in [6.45, 7) is 7.86. The predicted octanol–water partition coefficient (Wildman–Crippen LogP) is 4.49. The van der Waals surface area contributed by atoms with Gasteiger partial charge in [0.25, 0.3) is 11.8 Å². The van der Waals surface area contributed by atoms with Crippen molar-refractivity contribution in [2.75, 3.05) is 57.4 Å². The maximum Gasteiger partial charge on any atom is 0.272 e. The molecule has 0 aliphatic carbocycles. The number of likely N-dealkylation sites (tertiary alicyclic amines) is 1. The van der Waals surface area contributed by atoms with Gasteiger partial charge in [0.15, 0.2) is 0 Å². The summed E-state index contributed by atoms with van der Waals surface area (Å²) in [6, 6.07) is 9.60. The zero-order valence-electron chi connectivity index (χ0n) is 24.4. The summed E-state index contributed by atoms with van der Waals surface area (Å²) in [5, 5.41) is 0. The van der Waals surface area contributed by atoms with Crippen molar-refractivity contribution in [3.05, 3.63) is 47.3 Å². The molecule has 1 atom stereocenters. The molecule has 1 spiro atoms. The smallest absolute Gasteiger partial charge is 0.272 e. The van der Waals surface area contributed by atoms with Gasteiger partial charge < -0.3 is 24.2 Å². The standard InChI is InChI=1S/C32H43N5O4/c1-24-20-28(34-31(33-24)36-14-3-4-15-36)30(39)35-17-12-32(13-18-35)11-2-5-19-40-22-26-9-7-16-37(26)29(38)25-8-6-10-27(21-25)41-23-32/h6,8,10,20-21,26H,2-5,7,9,11-19,22-23H2,1H3/t26-/m0/s1. The number of amides is 2. The van der Waals surface area contributed by atoms with E-state index in [0.717, 1.165) is 88.9 Å². The maximum absolute atomic E-state index is 13.6. The minimum atomic E-state index is -0.0285. The minimum Gasteiger partial charge on any atom is -0.493 e. The number of hydrogen-bond donors (Lipinski definition) is 0. The molecule has 41 heavy (non-hydrogen) atoms. The Morgan fingerprint density at radius 3 is 2.61 bits per heavy atom. The van der Waals surface area contributed by atoms with E-state index in [2.05, 4.69) is 14.9 Å². The molecule has 2 bridgehead atoms. The van der Waals surface area contributed by atoms with Gasteiger partial charge in [-0.05, 0) is 82.6 Å². The van der Waals surface area contributed by atoms with Crippen LogP contribution < -0.4 is 9.64 Å². The molecule has 4 aliphatic rings. The average Bonchev–Trinajstić information content (AvgIpc) is 3.70. The summed E-state index contributed by atoms with van der Waals surface area (Å²) in [7, 11) is 0. The number of rotatable bonds is 2. The van der Waals surface area contributed by atoms with Crippen molar-refractivity contribution in [2.24, 2.45) is 5.41 Å². The van der Waals surface area contributed by atoms with Crippen molar-refractivity contribution < 1.29 is 19.1 Å². The number of anilines is 1. The molecule has 1 aromatic carbocycles. The molecule has 0 N–H and O–H groups in total. The predicted molar refractivity (Wildman–Crippen MR) is 156 cm³/mol. The summed E-state index contributed by atoms with van der Waals surface area (Å²) >= 11 is 0. The number of nitrogens with zero attached hydrogens (tertiary/aromatic N) is 5. The molecule has 3 saturated heterocycles. The summed E-state index contributed by atoms with van der Waals surface area (Å²) in [5.74, 6) is 1.47. The Hall–Kier alpha value is -3.20. The topological polar surface area (TPSA) is 88.1 Å². The molecule has 220 valence electrons. The molecule has 1 aromatic heterocycles. The van der Waals surface area contributed by atoms with E-state index in [0.29, 0.717) is 50.1 Å². The molecule has 4 aliphatic heterocycles. The molecule has 6 rings (SSSR count). The van der Waals surface area contributed by atoms with E-state index in [1.165, 1.54) is 0 Å². The summed E-state index contributed by atoms with van der Waals surface area (Å²) in [5.41, 5.74) is 1.97. The van der Waals surface area contributed by atoms with E-state index in [-0.39, 0.29) is 23.3 Å². The fourth-order valence-corrected chi connectivity index (χ4v) is 6.85. The van der Waals surface area contributed by atoms with Crippen LogP contribution in [0, 0.1) is 12.3 Å². The number of carbonyl (C=O) groups excluding carboxylic acids is 2. The highest BCUT2D eigenvalue weighted by atomic mass is 16.5. The van der Waals surface area contributed by atoms with Crippen molar-refractivity contribution in [1.82, 2.24) is 19.8 Å². The van der Waals surface area contributed by atoms with E-state index in [9.17, 15) is 9.59 Å². The first-order chi connectivity index (χ1) is 20.0. The lowest BCUT2D eigenvalue weighted by Crippen LogP contribution is -2.46. The molecule has 5 heterocycles. The molecule has 9 nitrogen and oxygen atoms in total. The van der Waals surface area contributed by atoms with E-state index in [1.807, 2.05) is 47.1 Å². The molecule has 0 radical (unpaired) electrons. The van der Waals surface area contributed by atoms with Gasteiger partial charge in [-0.1, -0.05) is 12.5 Å². The summed E-state index contributed by atoms with van der Waals surface area (Å²) in [6.07, 6.45) is 9.10. The van der Waals surface area contributed by atoms with Crippen molar-refractivity contribution in [2.45, 2.75) is 70.8 Å². The fourth-order valence-electron chi connectivity index (χ4n) is 6.85. The number of carbonyl (C=O) groups is 2. The van der Waals surface area contributed by atoms with Gasteiger partial charge in [0, 0.05) is 56.0 Å². The molecule has 0 unspecified atom stereocenters. The number of fused-ring (bicyclic) bond motifs is 3. The average molecular weight is 562 g/mol. The first-order valence-corrected chi connectivity index (χ1v) is 15.5. The number of piperidine rings is 1. The van der Waals surface area contributed by atoms with E-state index < -0.39 is 0 Å². The van der Waals surface area contributed by atoms with Crippen molar-refractivity contribution in [3.8, 4) is 5.75 Å². The van der Waals surface area contributed by atoms with Crippen molar-refractivity contribution >= 4 is 17.8 Å². The second-order valence-electron chi connectivity index (χ2n) is 12.3. The van der Waals surface area contributed by atoms with Crippen molar-refractivity contribution in [3.63, 3.8) is 0 Å². The third kappa shape index (κ3) is 6.35. The highest BCUT2D eigenvalue weighted by Gasteiger charge is 2.37. The Kier molecular flexibility index (Phi) is 8.42. The summed E-state index contributed by atoms with van der Waals surface area (Å²) in [4.78, 5) is 42.3.